The first-order chi connectivity index (χ1) is 9.42. The van der Waals surface area contributed by atoms with Crippen LogP contribution in [0.3, 0.4) is 0 Å². The monoisotopic (exact) mass is 294 g/mol. The third-order valence-electron chi connectivity index (χ3n) is 2.70. The van der Waals surface area contributed by atoms with E-state index in [-0.39, 0.29) is 11.6 Å². The molecule has 0 aliphatic carbocycles. The van der Waals surface area contributed by atoms with E-state index in [1.165, 1.54) is 12.1 Å². The van der Waals surface area contributed by atoms with Gasteiger partial charge in [0, 0.05) is 12.2 Å². The van der Waals surface area contributed by atoms with E-state index < -0.39 is 10.0 Å². The van der Waals surface area contributed by atoms with E-state index >= 15 is 0 Å². The normalized spacial score (nSPS) is 11.3. The first kappa shape index (κ1) is 14.5. The summed E-state index contributed by atoms with van der Waals surface area (Å²) in [6.07, 6.45) is 0. The number of hydrogen-bond donors (Lipinski definition) is 2. The molecule has 0 unspecified atom stereocenters. The molecule has 0 radical (unpaired) electrons. The van der Waals surface area contributed by atoms with Gasteiger partial charge in [-0.1, -0.05) is 24.3 Å². The number of halogens is 1. The van der Waals surface area contributed by atoms with Gasteiger partial charge in [-0.05, 0) is 35.4 Å². The maximum atomic E-state index is 12.8. The third kappa shape index (κ3) is 4.64. The predicted octanol–water partition coefficient (Wildman–Crippen LogP) is 2.23. The van der Waals surface area contributed by atoms with E-state index in [1.807, 2.05) is 6.07 Å². The van der Waals surface area contributed by atoms with Crippen molar-refractivity contribution in [2.75, 3.05) is 5.32 Å². The summed E-state index contributed by atoms with van der Waals surface area (Å²) >= 11 is 0. The van der Waals surface area contributed by atoms with Crippen LogP contribution in [-0.2, 0) is 22.3 Å². The number of anilines is 1. The van der Waals surface area contributed by atoms with Crippen LogP contribution in [0.5, 0.6) is 0 Å². The molecular formula is C14H15FN2O2S. The molecule has 0 aromatic heterocycles. The van der Waals surface area contributed by atoms with Gasteiger partial charge in [-0.3, -0.25) is 0 Å². The van der Waals surface area contributed by atoms with Crippen LogP contribution in [0.1, 0.15) is 11.1 Å². The molecule has 0 atom stereocenters. The Hall–Kier alpha value is -1.92. The standard InChI is InChI=1S/C14H15FN2O2S/c15-13-6-4-11(5-7-13)9-17-14-3-1-2-12(8-14)10-20(16,18)19/h1-8,17H,9-10H2,(H2,16,18,19). The Labute approximate surface area is 117 Å². The summed E-state index contributed by atoms with van der Waals surface area (Å²) in [7, 11) is -3.54. The SMILES string of the molecule is NS(=O)(=O)Cc1cccc(NCc2ccc(F)cc2)c1. The lowest BCUT2D eigenvalue weighted by atomic mass is 10.2. The summed E-state index contributed by atoms with van der Waals surface area (Å²) < 4.78 is 34.9. The number of nitrogens with one attached hydrogen (secondary N) is 1. The van der Waals surface area contributed by atoms with Gasteiger partial charge in [0.25, 0.3) is 0 Å². The molecule has 2 rings (SSSR count). The smallest absolute Gasteiger partial charge is 0.213 e. The number of primary sulfonamides is 1. The molecule has 0 aliphatic heterocycles. The lowest BCUT2D eigenvalue weighted by molar-refractivity contribution is 0.597. The van der Waals surface area contributed by atoms with Crippen LogP contribution in [0.15, 0.2) is 48.5 Å². The zero-order valence-corrected chi connectivity index (χ0v) is 11.5. The highest BCUT2D eigenvalue weighted by molar-refractivity contribution is 7.88. The summed E-state index contributed by atoms with van der Waals surface area (Å²) in [5.74, 6) is -0.470. The Morgan fingerprint density at radius 3 is 2.40 bits per heavy atom. The molecule has 6 heteroatoms. The van der Waals surface area contributed by atoms with Crippen LogP contribution in [0, 0.1) is 5.82 Å². The molecule has 2 aromatic rings. The fourth-order valence-corrected chi connectivity index (χ4v) is 2.45. The van der Waals surface area contributed by atoms with E-state index in [1.54, 1.807) is 30.3 Å². The number of rotatable bonds is 5. The average Bonchev–Trinajstić information content (AvgIpc) is 2.36. The van der Waals surface area contributed by atoms with Crippen LogP contribution in [0.4, 0.5) is 10.1 Å². The Bertz CT molecular complexity index is 685. The lowest BCUT2D eigenvalue weighted by Gasteiger charge is -2.08. The lowest BCUT2D eigenvalue weighted by Crippen LogP contribution is -2.14. The van der Waals surface area contributed by atoms with Crippen molar-refractivity contribution in [2.45, 2.75) is 12.3 Å². The molecule has 0 aliphatic rings. The molecule has 106 valence electrons. The van der Waals surface area contributed by atoms with Gasteiger partial charge in [-0.15, -0.1) is 0 Å². The maximum absolute atomic E-state index is 12.8. The Kier molecular flexibility index (Phi) is 4.36. The van der Waals surface area contributed by atoms with Gasteiger partial charge >= 0.3 is 0 Å². The summed E-state index contributed by atoms with van der Waals surface area (Å²) in [5, 5.41) is 8.16. The number of sulfonamides is 1. The molecule has 0 bridgehead atoms. The minimum absolute atomic E-state index is 0.195. The summed E-state index contributed by atoms with van der Waals surface area (Å²) in [6, 6.07) is 13.2. The molecule has 0 saturated heterocycles. The zero-order chi connectivity index (χ0) is 14.6. The highest BCUT2D eigenvalue weighted by Gasteiger charge is 2.05. The van der Waals surface area contributed by atoms with Crippen LogP contribution < -0.4 is 10.5 Å². The Morgan fingerprint density at radius 1 is 1.05 bits per heavy atom. The van der Waals surface area contributed by atoms with E-state index in [0.717, 1.165) is 11.3 Å². The molecule has 2 aromatic carbocycles. The predicted molar refractivity (Wildman–Crippen MR) is 77.0 cm³/mol. The largest absolute Gasteiger partial charge is 0.381 e. The fraction of sp³-hybridized carbons (Fsp3) is 0.143. The molecule has 0 saturated carbocycles. The van der Waals surface area contributed by atoms with Crippen molar-refractivity contribution >= 4 is 15.7 Å². The molecule has 3 N–H and O–H groups in total. The van der Waals surface area contributed by atoms with Crippen LogP contribution in [0.2, 0.25) is 0 Å². The van der Waals surface area contributed by atoms with Crippen LogP contribution in [0.25, 0.3) is 0 Å². The van der Waals surface area contributed by atoms with Gasteiger partial charge in [0.1, 0.15) is 5.82 Å². The fourth-order valence-electron chi connectivity index (χ4n) is 1.81. The highest BCUT2D eigenvalue weighted by Crippen LogP contribution is 2.14. The summed E-state index contributed by atoms with van der Waals surface area (Å²) in [5.41, 5.74) is 2.34. The molecule has 20 heavy (non-hydrogen) atoms. The molecular weight excluding hydrogens is 279 g/mol. The van der Waals surface area contributed by atoms with Crippen LogP contribution >= 0.6 is 0 Å². The first-order valence-electron chi connectivity index (χ1n) is 6.00. The van der Waals surface area contributed by atoms with Crippen molar-refractivity contribution in [3.05, 3.63) is 65.5 Å². The summed E-state index contributed by atoms with van der Waals surface area (Å²) in [6.45, 7) is 0.527. The first-order valence-corrected chi connectivity index (χ1v) is 7.72. The van der Waals surface area contributed by atoms with Gasteiger partial charge in [0.05, 0.1) is 5.75 Å². The Morgan fingerprint density at radius 2 is 1.75 bits per heavy atom. The molecule has 4 nitrogen and oxygen atoms in total. The molecule has 0 spiro atoms. The van der Waals surface area contributed by atoms with Crippen molar-refractivity contribution in [1.29, 1.82) is 0 Å². The van der Waals surface area contributed by atoms with Gasteiger partial charge in [0.2, 0.25) is 10.0 Å². The zero-order valence-electron chi connectivity index (χ0n) is 10.7. The van der Waals surface area contributed by atoms with Crippen molar-refractivity contribution < 1.29 is 12.8 Å². The average molecular weight is 294 g/mol. The maximum Gasteiger partial charge on any atom is 0.213 e. The Balaban J connectivity index is 2.03. The minimum atomic E-state index is -3.54. The second-order valence-electron chi connectivity index (χ2n) is 4.49. The number of hydrogen-bond acceptors (Lipinski definition) is 3. The van der Waals surface area contributed by atoms with E-state index in [0.29, 0.717) is 12.1 Å². The highest BCUT2D eigenvalue weighted by atomic mass is 32.2. The second-order valence-corrected chi connectivity index (χ2v) is 6.10. The molecule has 0 amide bonds. The van der Waals surface area contributed by atoms with E-state index in [2.05, 4.69) is 5.32 Å². The van der Waals surface area contributed by atoms with E-state index in [9.17, 15) is 12.8 Å². The van der Waals surface area contributed by atoms with Crippen molar-refractivity contribution in [3.63, 3.8) is 0 Å². The van der Waals surface area contributed by atoms with E-state index in [4.69, 9.17) is 5.14 Å². The van der Waals surface area contributed by atoms with Gasteiger partial charge < -0.3 is 5.32 Å². The summed E-state index contributed by atoms with van der Waals surface area (Å²) in [4.78, 5) is 0. The topological polar surface area (TPSA) is 72.2 Å². The molecule has 0 fully saturated rings. The number of benzene rings is 2. The van der Waals surface area contributed by atoms with Crippen molar-refractivity contribution in [3.8, 4) is 0 Å². The van der Waals surface area contributed by atoms with Crippen molar-refractivity contribution in [2.24, 2.45) is 5.14 Å². The van der Waals surface area contributed by atoms with Gasteiger partial charge in [0.15, 0.2) is 0 Å². The minimum Gasteiger partial charge on any atom is -0.381 e. The van der Waals surface area contributed by atoms with Crippen molar-refractivity contribution in [1.82, 2.24) is 0 Å². The van der Waals surface area contributed by atoms with Gasteiger partial charge in [-0.2, -0.15) is 0 Å². The van der Waals surface area contributed by atoms with Crippen LogP contribution in [-0.4, -0.2) is 8.42 Å². The number of nitrogens with two attached hydrogens (primary N) is 1. The second kappa shape index (κ2) is 6.02. The molecule has 0 heterocycles. The third-order valence-corrected chi connectivity index (χ3v) is 3.44. The van der Waals surface area contributed by atoms with Gasteiger partial charge in [-0.25, -0.2) is 17.9 Å². The quantitative estimate of drug-likeness (QED) is 0.888.